The molecule has 0 aliphatic heterocycles. The molecule has 104 valence electrons. The van der Waals surface area contributed by atoms with Gasteiger partial charge in [-0.25, -0.2) is 8.78 Å². The second-order valence-electron chi connectivity index (χ2n) is 5.08. The number of ether oxygens (including phenoxy) is 1. The Morgan fingerprint density at radius 1 is 1.32 bits per heavy atom. The van der Waals surface area contributed by atoms with Crippen molar-refractivity contribution in [1.29, 1.82) is 0 Å². The summed E-state index contributed by atoms with van der Waals surface area (Å²) in [6, 6.07) is 3.61. The van der Waals surface area contributed by atoms with E-state index in [-0.39, 0.29) is 12.2 Å². The molecule has 0 saturated heterocycles. The van der Waals surface area contributed by atoms with Crippen LogP contribution in [0.5, 0.6) is 0 Å². The molecule has 0 atom stereocenters. The van der Waals surface area contributed by atoms with Crippen LogP contribution in [0.25, 0.3) is 0 Å². The molecule has 0 heterocycles. The molecular weight excluding hydrogens is 250 g/mol. The molecule has 0 aromatic heterocycles. The van der Waals surface area contributed by atoms with Crippen molar-refractivity contribution in [2.24, 2.45) is 5.92 Å². The van der Waals surface area contributed by atoms with E-state index in [9.17, 15) is 13.6 Å². The van der Waals surface area contributed by atoms with Gasteiger partial charge in [0.05, 0.1) is 6.10 Å². The lowest BCUT2D eigenvalue weighted by Crippen LogP contribution is -2.33. The molecule has 1 aliphatic carbocycles. The number of carbonyl (C=O) groups is 1. The van der Waals surface area contributed by atoms with Gasteiger partial charge in [-0.15, -0.1) is 0 Å². The highest BCUT2D eigenvalue weighted by Gasteiger charge is 2.30. The predicted molar refractivity (Wildman–Crippen MR) is 67.8 cm³/mol. The van der Waals surface area contributed by atoms with Crippen LogP contribution in [0.2, 0.25) is 0 Å². The minimum absolute atomic E-state index is 0.0750. The van der Waals surface area contributed by atoms with Crippen LogP contribution in [0, 0.1) is 17.6 Å². The topological polar surface area (TPSA) is 26.3 Å². The van der Waals surface area contributed by atoms with E-state index in [1.165, 1.54) is 6.07 Å². The first-order chi connectivity index (χ1) is 9.08. The molecule has 19 heavy (non-hydrogen) atoms. The lowest BCUT2D eigenvalue weighted by Gasteiger charge is -2.34. The Morgan fingerprint density at radius 2 is 2.05 bits per heavy atom. The van der Waals surface area contributed by atoms with Gasteiger partial charge in [-0.3, -0.25) is 4.79 Å². The summed E-state index contributed by atoms with van der Waals surface area (Å²) < 4.78 is 31.2. The third-order valence-electron chi connectivity index (χ3n) is 3.50. The maximum absolute atomic E-state index is 13.0. The normalized spacial score (nSPS) is 22.1. The minimum atomic E-state index is -0.898. The molecule has 0 spiro atoms. The van der Waals surface area contributed by atoms with Crippen LogP contribution >= 0.6 is 0 Å². The monoisotopic (exact) mass is 268 g/mol. The Kier molecular flexibility index (Phi) is 4.64. The molecule has 0 amide bonds. The van der Waals surface area contributed by atoms with Gasteiger partial charge in [-0.2, -0.15) is 0 Å². The molecule has 0 N–H and O–H groups in total. The number of halogens is 2. The van der Waals surface area contributed by atoms with Crippen molar-refractivity contribution in [3.8, 4) is 0 Å². The standard InChI is InChI=1S/C15H18F2O2/c1-2-19-13-7-11(8-13)6-12(18)5-10-3-4-14(16)15(17)9-10/h3-4,9,11,13H,2,5-8H2,1H3. The number of hydrogen-bond donors (Lipinski definition) is 0. The van der Waals surface area contributed by atoms with E-state index < -0.39 is 11.6 Å². The largest absolute Gasteiger partial charge is 0.378 e. The second-order valence-corrected chi connectivity index (χ2v) is 5.08. The van der Waals surface area contributed by atoms with Gasteiger partial charge in [0.15, 0.2) is 11.6 Å². The third kappa shape index (κ3) is 3.83. The van der Waals surface area contributed by atoms with Crippen molar-refractivity contribution in [2.75, 3.05) is 6.61 Å². The smallest absolute Gasteiger partial charge is 0.159 e. The van der Waals surface area contributed by atoms with Crippen LogP contribution in [0.4, 0.5) is 8.78 Å². The average Bonchev–Trinajstić information content (AvgIpc) is 2.31. The van der Waals surface area contributed by atoms with E-state index in [4.69, 9.17) is 4.74 Å². The number of Topliss-reactive ketones (excluding diaryl/α,β-unsaturated/α-hetero) is 1. The van der Waals surface area contributed by atoms with E-state index in [0.29, 0.717) is 30.6 Å². The molecule has 1 aliphatic rings. The summed E-state index contributed by atoms with van der Waals surface area (Å²) in [4.78, 5) is 11.8. The summed E-state index contributed by atoms with van der Waals surface area (Å²) >= 11 is 0. The fourth-order valence-corrected chi connectivity index (χ4v) is 2.48. The Morgan fingerprint density at radius 3 is 2.68 bits per heavy atom. The van der Waals surface area contributed by atoms with Gasteiger partial charge in [0.2, 0.25) is 0 Å². The number of rotatable bonds is 6. The fourth-order valence-electron chi connectivity index (χ4n) is 2.48. The molecule has 0 bridgehead atoms. The zero-order valence-corrected chi connectivity index (χ0v) is 11.0. The van der Waals surface area contributed by atoms with E-state index in [1.807, 2.05) is 6.92 Å². The van der Waals surface area contributed by atoms with E-state index in [0.717, 1.165) is 25.0 Å². The maximum Gasteiger partial charge on any atom is 0.159 e. The zero-order valence-electron chi connectivity index (χ0n) is 11.0. The number of benzene rings is 1. The first kappa shape index (κ1) is 14.1. The quantitative estimate of drug-likeness (QED) is 0.791. The van der Waals surface area contributed by atoms with Gasteiger partial charge in [0, 0.05) is 19.4 Å². The summed E-state index contributed by atoms with van der Waals surface area (Å²) in [5.41, 5.74) is 0.532. The van der Waals surface area contributed by atoms with Crippen molar-refractivity contribution in [3.05, 3.63) is 35.4 Å². The Hall–Kier alpha value is -1.29. The third-order valence-corrected chi connectivity index (χ3v) is 3.50. The molecule has 1 aromatic carbocycles. The van der Waals surface area contributed by atoms with Crippen LogP contribution in [0.15, 0.2) is 18.2 Å². The lowest BCUT2D eigenvalue weighted by atomic mass is 9.78. The molecule has 2 rings (SSSR count). The minimum Gasteiger partial charge on any atom is -0.378 e. The van der Waals surface area contributed by atoms with Crippen molar-refractivity contribution >= 4 is 5.78 Å². The first-order valence-corrected chi connectivity index (χ1v) is 6.65. The molecule has 4 heteroatoms. The van der Waals surface area contributed by atoms with Crippen LogP contribution in [0.1, 0.15) is 31.7 Å². The van der Waals surface area contributed by atoms with Crippen molar-refractivity contribution < 1.29 is 18.3 Å². The van der Waals surface area contributed by atoms with E-state index in [2.05, 4.69) is 0 Å². The number of hydrogen-bond acceptors (Lipinski definition) is 2. The van der Waals surface area contributed by atoms with Gasteiger partial charge in [0.25, 0.3) is 0 Å². The average molecular weight is 268 g/mol. The van der Waals surface area contributed by atoms with Crippen LogP contribution in [-0.4, -0.2) is 18.5 Å². The van der Waals surface area contributed by atoms with E-state index in [1.54, 1.807) is 0 Å². The molecule has 1 saturated carbocycles. The molecular formula is C15H18F2O2. The second kappa shape index (κ2) is 6.24. The highest BCUT2D eigenvalue weighted by atomic mass is 19.2. The SMILES string of the molecule is CCOC1CC(CC(=O)Cc2ccc(F)c(F)c2)C1. The Bertz CT molecular complexity index is 453. The Balaban J connectivity index is 1.77. The lowest BCUT2D eigenvalue weighted by molar-refractivity contribution is -0.121. The summed E-state index contributed by atoms with van der Waals surface area (Å²) in [5, 5.41) is 0. The van der Waals surface area contributed by atoms with Crippen LogP contribution in [0.3, 0.4) is 0 Å². The molecule has 1 aromatic rings. The molecule has 0 unspecified atom stereocenters. The summed E-state index contributed by atoms with van der Waals surface area (Å²) in [5.74, 6) is -1.32. The first-order valence-electron chi connectivity index (χ1n) is 6.65. The number of ketones is 1. The summed E-state index contributed by atoms with van der Waals surface area (Å²) in [6.07, 6.45) is 2.83. The van der Waals surface area contributed by atoms with E-state index >= 15 is 0 Å². The molecule has 2 nitrogen and oxygen atoms in total. The Labute approximate surface area is 111 Å². The number of carbonyl (C=O) groups excluding carboxylic acids is 1. The van der Waals surface area contributed by atoms with Gasteiger partial charge in [-0.05, 0) is 43.4 Å². The molecule has 0 radical (unpaired) electrons. The molecule has 1 fully saturated rings. The van der Waals surface area contributed by atoms with Crippen LogP contribution in [-0.2, 0) is 16.0 Å². The van der Waals surface area contributed by atoms with Gasteiger partial charge < -0.3 is 4.74 Å². The fraction of sp³-hybridized carbons (Fsp3) is 0.533. The summed E-state index contributed by atoms with van der Waals surface area (Å²) in [7, 11) is 0. The highest BCUT2D eigenvalue weighted by Crippen LogP contribution is 2.33. The van der Waals surface area contributed by atoms with Gasteiger partial charge >= 0.3 is 0 Å². The predicted octanol–water partition coefficient (Wildman–Crippen LogP) is 3.28. The maximum atomic E-state index is 13.0. The van der Waals surface area contributed by atoms with Gasteiger partial charge in [0.1, 0.15) is 5.78 Å². The van der Waals surface area contributed by atoms with Crippen LogP contribution < -0.4 is 0 Å². The zero-order chi connectivity index (χ0) is 13.8. The van der Waals surface area contributed by atoms with Crippen molar-refractivity contribution in [1.82, 2.24) is 0 Å². The van der Waals surface area contributed by atoms with Crippen molar-refractivity contribution in [3.63, 3.8) is 0 Å². The van der Waals surface area contributed by atoms with Gasteiger partial charge in [-0.1, -0.05) is 6.07 Å². The van der Waals surface area contributed by atoms with Crippen molar-refractivity contribution in [2.45, 2.75) is 38.7 Å². The summed E-state index contributed by atoms with van der Waals surface area (Å²) in [6.45, 7) is 2.67. The highest BCUT2D eigenvalue weighted by molar-refractivity contribution is 5.81.